The van der Waals surface area contributed by atoms with Crippen molar-refractivity contribution >= 4 is 33.0 Å². The zero-order valence-electron chi connectivity index (χ0n) is 12.2. The van der Waals surface area contributed by atoms with Crippen LogP contribution in [0.5, 0.6) is 5.75 Å². The SMILES string of the molecule is O=S(=O)(Cc1ccc(Cl)cc1)C[C@@H](O)COc1ccccc1Cl. The predicted molar refractivity (Wildman–Crippen MR) is 91.9 cm³/mol. The molecule has 0 aliphatic heterocycles. The van der Waals surface area contributed by atoms with Crippen LogP contribution >= 0.6 is 23.2 Å². The van der Waals surface area contributed by atoms with Crippen molar-refractivity contribution in [1.29, 1.82) is 0 Å². The highest BCUT2D eigenvalue weighted by Gasteiger charge is 2.19. The van der Waals surface area contributed by atoms with Crippen LogP contribution in [0.3, 0.4) is 0 Å². The zero-order valence-corrected chi connectivity index (χ0v) is 14.5. The van der Waals surface area contributed by atoms with Crippen molar-refractivity contribution in [3.05, 3.63) is 64.1 Å². The van der Waals surface area contributed by atoms with E-state index in [9.17, 15) is 13.5 Å². The highest BCUT2D eigenvalue weighted by molar-refractivity contribution is 7.90. The first-order valence-electron chi connectivity index (χ1n) is 6.86. The molecule has 1 N–H and O–H groups in total. The monoisotopic (exact) mass is 374 g/mol. The lowest BCUT2D eigenvalue weighted by Crippen LogP contribution is -2.27. The molecule has 0 bridgehead atoms. The van der Waals surface area contributed by atoms with E-state index in [1.54, 1.807) is 48.5 Å². The average Bonchev–Trinajstić information content (AvgIpc) is 2.48. The number of aliphatic hydroxyl groups excluding tert-OH is 1. The number of aliphatic hydroxyl groups is 1. The molecule has 4 nitrogen and oxygen atoms in total. The minimum Gasteiger partial charge on any atom is -0.489 e. The fourth-order valence-electron chi connectivity index (χ4n) is 1.98. The molecule has 0 aliphatic rings. The van der Waals surface area contributed by atoms with Crippen LogP contribution < -0.4 is 4.74 Å². The number of benzene rings is 2. The number of hydrogen-bond acceptors (Lipinski definition) is 4. The number of rotatable bonds is 7. The van der Waals surface area contributed by atoms with Gasteiger partial charge in [0.2, 0.25) is 0 Å². The molecule has 0 unspecified atom stereocenters. The van der Waals surface area contributed by atoms with E-state index >= 15 is 0 Å². The van der Waals surface area contributed by atoms with Crippen LogP contribution in [0.2, 0.25) is 10.0 Å². The van der Waals surface area contributed by atoms with Crippen LogP contribution in [-0.4, -0.2) is 32.0 Å². The van der Waals surface area contributed by atoms with Crippen molar-refractivity contribution in [3.63, 3.8) is 0 Å². The molecule has 0 amide bonds. The molecule has 0 heterocycles. The Bertz CT molecular complexity index is 745. The molecular formula is C16H16Cl2O4S. The Morgan fingerprint density at radius 2 is 1.70 bits per heavy atom. The van der Waals surface area contributed by atoms with Gasteiger partial charge in [0.05, 0.1) is 16.5 Å². The molecule has 0 aliphatic carbocycles. The van der Waals surface area contributed by atoms with Crippen LogP contribution in [0.15, 0.2) is 48.5 Å². The Morgan fingerprint density at radius 1 is 1.04 bits per heavy atom. The van der Waals surface area contributed by atoms with Crippen molar-refractivity contribution in [3.8, 4) is 5.75 Å². The summed E-state index contributed by atoms with van der Waals surface area (Å²) in [6, 6.07) is 13.3. The summed E-state index contributed by atoms with van der Waals surface area (Å²) in [5.41, 5.74) is 0.619. The van der Waals surface area contributed by atoms with Gasteiger partial charge in [-0.25, -0.2) is 8.42 Å². The second kappa shape index (κ2) is 8.02. The molecule has 0 radical (unpaired) electrons. The van der Waals surface area contributed by atoms with Gasteiger partial charge in [0.15, 0.2) is 9.84 Å². The van der Waals surface area contributed by atoms with Gasteiger partial charge in [0.25, 0.3) is 0 Å². The first kappa shape index (κ1) is 18.1. The van der Waals surface area contributed by atoms with Crippen molar-refractivity contribution in [2.24, 2.45) is 0 Å². The number of halogens is 2. The normalized spacial score (nSPS) is 12.8. The third-order valence-electron chi connectivity index (χ3n) is 3.01. The molecule has 124 valence electrons. The molecule has 0 aromatic heterocycles. The summed E-state index contributed by atoms with van der Waals surface area (Å²) in [6.07, 6.45) is -1.14. The number of sulfone groups is 1. The van der Waals surface area contributed by atoms with E-state index in [4.69, 9.17) is 27.9 Å². The molecule has 2 rings (SSSR count). The van der Waals surface area contributed by atoms with Crippen LogP contribution in [0, 0.1) is 0 Å². The molecule has 0 spiro atoms. The number of hydrogen-bond donors (Lipinski definition) is 1. The average molecular weight is 375 g/mol. The van der Waals surface area contributed by atoms with Gasteiger partial charge in [-0.1, -0.05) is 47.5 Å². The summed E-state index contributed by atoms with van der Waals surface area (Å²) in [7, 11) is -3.47. The Hall–Kier alpha value is -1.27. The topological polar surface area (TPSA) is 63.6 Å². The van der Waals surface area contributed by atoms with Crippen LogP contribution in [0.1, 0.15) is 5.56 Å². The Labute approximate surface area is 145 Å². The van der Waals surface area contributed by atoms with E-state index in [0.717, 1.165) is 0 Å². The van der Waals surface area contributed by atoms with Gasteiger partial charge in [-0.15, -0.1) is 0 Å². The Morgan fingerprint density at radius 3 is 2.35 bits per heavy atom. The summed E-state index contributed by atoms with van der Waals surface area (Å²) in [5.74, 6) is -0.142. The summed E-state index contributed by atoms with van der Waals surface area (Å²) < 4.78 is 29.5. The molecule has 7 heteroatoms. The van der Waals surface area contributed by atoms with Gasteiger partial charge < -0.3 is 9.84 Å². The quantitative estimate of drug-likeness (QED) is 0.806. The second-order valence-corrected chi connectivity index (χ2v) is 8.03. The fraction of sp³-hybridized carbons (Fsp3) is 0.250. The summed E-state index contributed by atoms with van der Waals surface area (Å²) in [5, 5.41) is 10.8. The second-order valence-electron chi connectivity index (χ2n) is 5.08. The van der Waals surface area contributed by atoms with Gasteiger partial charge in [0, 0.05) is 5.02 Å². The van der Waals surface area contributed by atoms with Gasteiger partial charge in [-0.05, 0) is 29.8 Å². The first-order chi connectivity index (χ1) is 10.9. The molecule has 1 atom stereocenters. The maximum absolute atomic E-state index is 12.1. The Kier molecular flexibility index (Phi) is 6.30. The molecule has 0 fully saturated rings. The fourth-order valence-corrected chi connectivity index (χ4v) is 3.80. The lowest BCUT2D eigenvalue weighted by atomic mass is 10.2. The van der Waals surface area contributed by atoms with Crippen molar-refractivity contribution in [2.75, 3.05) is 12.4 Å². The molecule has 23 heavy (non-hydrogen) atoms. The molecule has 2 aromatic rings. The lowest BCUT2D eigenvalue weighted by molar-refractivity contribution is 0.125. The number of para-hydroxylation sites is 1. The van der Waals surface area contributed by atoms with Gasteiger partial charge in [0.1, 0.15) is 18.5 Å². The smallest absolute Gasteiger partial charge is 0.157 e. The van der Waals surface area contributed by atoms with Gasteiger partial charge in [-0.3, -0.25) is 0 Å². The van der Waals surface area contributed by atoms with Crippen LogP contribution in [-0.2, 0) is 15.6 Å². The molecule has 0 saturated carbocycles. The summed E-state index contributed by atoms with van der Waals surface area (Å²) in [6.45, 7) is -0.149. The standard InChI is InChI=1S/C16H16Cl2O4S/c17-13-7-5-12(6-8-13)10-23(20,21)11-14(19)9-22-16-4-2-1-3-15(16)18/h1-8,14,19H,9-11H2/t14-/m0/s1. The van der Waals surface area contributed by atoms with Gasteiger partial charge >= 0.3 is 0 Å². The van der Waals surface area contributed by atoms with Crippen molar-refractivity contribution < 1.29 is 18.3 Å². The highest BCUT2D eigenvalue weighted by atomic mass is 35.5. The summed E-state index contributed by atoms with van der Waals surface area (Å²) >= 11 is 11.7. The third-order valence-corrected chi connectivity index (χ3v) is 5.24. The van der Waals surface area contributed by atoms with E-state index in [1.165, 1.54) is 0 Å². The van der Waals surface area contributed by atoms with E-state index < -0.39 is 15.9 Å². The van der Waals surface area contributed by atoms with E-state index in [1.807, 2.05) is 0 Å². The van der Waals surface area contributed by atoms with Crippen molar-refractivity contribution in [1.82, 2.24) is 0 Å². The zero-order chi connectivity index (χ0) is 16.9. The van der Waals surface area contributed by atoms with Crippen LogP contribution in [0.4, 0.5) is 0 Å². The molecule has 0 saturated heterocycles. The van der Waals surface area contributed by atoms with E-state index in [0.29, 0.717) is 21.4 Å². The van der Waals surface area contributed by atoms with Crippen molar-refractivity contribution in [2.45, 2.75) is 11.9 Å². The Balaban J connectivity index is 1.89. The van der Waals surface area contributed by atoms with Crippen LogP contribution in [0.25, 0.3) is 0 Å². The maximum atomic E-state index is 12.1. The lowest BCUT2D eigenvalue weighted by Gasteiger charge is -2.13. The van der Waals surface area contributed by atoms with E-state index in [2.05, 4.69) is 0 Å². The minimum absolute atomic E-state index is 0.149. The maximum Gasteiger partial charge on any atom is 0.157 e. The summed E-state index contributed by atoms with van der Waals surface area (Å²) in [4.78, 5) is 0. The third kappa shape index (κ3) is 6.03. The van der Waals surface area contributed by atoms with E-state index in [-0.39, 0.29) is 18.1 Å². The molecule has 2 aromatic carbocycles. The predicted octanol–water partition coefficient (Wildman–Crippen LogP) is 3.35. The minimum atomic E-state index is -3.47. The van der Waals surface area contributed by atoms with Gasteiger partial charge in [-0.2, -0.15) is 0 Å². The molecular weight excluding hydrogens is 359 g/mol. The number of ether oxygens (including phenoxy) is 1. The largest absolute Gasteiger partial charge is 0.489 e. The first-order valence-corrected chi connectivity index (χ1v) is 9.44. The highest BCUT2D eigenvalue weighted by Crippen LogP contribution is 2.23.